The van der Waals surface area contributed by atoms with Crippen molar-refractivity contribution in [1.29, 1.82) is 0 Å². The highest BCUT2D eigenvalue weighted by Gasteiger charge is 2.15. The van der Waals surface area contributed by atoms with Crippen LogP contribution in [0.5, 0.6) is 0 Å². The molecule has 0 amide bonds. The second-order valence-electron chi connectivity index (χ2n) is 4.97. The maximum absolute atomic E-state index is 4.53. The van der Waals surface area contributed by atoms with Gasteiger partial charge in [-0.1, -0.05) is 29.7 Å². The lowest BCUT2D eigenvalue weighted by molar-refractivity contribution is 0.982. The van der Waals surface area contributed by atoms with Gasteiger partial charge in [0.2, 0.25) is 0 Å². The first kappa shape index (κ1) is 9.95. The van der Waals surface area contributed by atoms with Crippen LogP contribution in [-0.2, 0) is 6.42 Å². The highest BCUT2D eigenvalue weighted by molar-refractivity contribution is 6.33. The number of pyridine rings is 1. The summed E-state index contributed by atoms with van der Waals surface area (Å²) in [5.41, 5.74) is 6.42. The van der Waals surface area contributed by atoms with E-state index in [0.29, 0.717) is 0 Å². The standard InChI is InChI=1S/C15H13BN2/c16-10-5-6-14-13(9-10)11-3-1-2-4-12(11)15-17-7-8-18(14)15/h1,3,5-9H,2,4,16H2. The van der Waals surface area contributed by atoms with Crippen LogP contribution in [0.3, 0.4) is 0 Å². The fraction of sp³-hybridized carbons (Fsp3) is 0.133. The molecule has 0 bridgehead atoms. The monoisotopic (exact) mass is 232 g/mol. The largest absolute Gasteiger partial charge is 0.299 e. The summed E-state index contributed by atoms with van der Waals surface area (Å²) in [7, 11) is 2.15. The van der Waals surface area contributed by atoms with E-state index in [-0.39, 0.29) is 0 Å². The molecule has 18 heavy (non-hydrogen) atoms. The molecule has 86 valence electrons. The Kier molecular flexibility index (Phi) is 1.93. The van der Waals surface area contributed by atoms with Gasteiger partial charge in [-0.2, -0.15) is 0 Å². The van der Waals surface area contributed by atoms with Crippen LogP contribution in [0.2, 0.25) is 0 Å². The van der Waals surface area contributed by atoms with Crippen LogP contribution < -0.4 is 5.46 Å². The van der Waals surface area contributed by atoms with Crippen molar-refractivity contribution in [3.63, 3.8) is 0 Å². The van der Waals surface area contributed by atoms with E-state index < -0.39 is 0 Å². The molecule has 0 N–H and O–H groups in total. The third kappa shape index (κ3) is 1.22. The topological polar surface area (TPSA) is 17.3 Å². The van der Waals surface area contributed by atoms with Crippen LogP contribution in [0.4, 0.5) is 0 Å². The maximum Gasteiger partial charge on any atom is 0.141 e. The Hall–Kier alpha value is -2.03. The summed E-state index contributed by atoms with van der Waals surface area (Å²) < 4.78 is 2.22. The molecule has 0 aliphatic heterocycles. The van der Waals surface area contributed by atoms with Crippen molar-refractivity contribution in [1.82, 2.24) is 9.38 Å². The average molecular weight is 232 g/mol. The van der Waals surface area contributed by atoms with E-state index in [2.05, 4.69) is 53.8 Å². The number of hydrogen-bond donors (Lipinski definition) is 0. The summed E-state index contributed by atoms with van der Waals surface area (Å²) >= 11 is 0. The second kappa shape index (κ2) is 3.48. The number of imidazole rings is 1. The normalized spacial score (nSPS) is 14.2. The molecular weight excluding hydrogens is 219 g/mol. The van der Waals surface area contributed by atoms with Gasteiger partial charge in [-0.05, 0) is 24.5 Å². The molecular formula is C15H13BN2. The van der Waals surface area contributed by atoms with E-state index in [0.717, 1.165) is 18.5 Å². The molecule has 2 nitrogen and oxygen atoms in total. The molecule has 4 rings (SSSR count). The van der Waals surface area contributed by atoms with Crippen molar-refractivity contribution in [3.05, 3.63) is 47.8 Å². The minimum Gasteiger partial charge on any atom is -0.299 e. The van der Waals surface area contributed by atoms with E-state index >= 15 is 0 Å². The fourth-order valence-electron chi connectivity index (χ4n) is 2.95. The summed E-state index contributed by atoms with van der Waals surface area (Å²) in [6, 6.07) is 6.64. The quantitative estimate of drug-likeness (QED) is 0.539. The van der Waals surface area contributed by atoms with Gasteiger partial charge < -0.3 is 0 Å². The zero-order valence-electron chi connectivity index (χ0n) is 10.4. The smallest absolute Gasteiger partial charge is 0.141 e. The summed E-state index contributed by atoms with van der Waals surface area (Å²) in [5, 5.41) is 1.34. The number of benzene rings is 1. The van der Waals surface area contributed by atoms with Crippen molar-refractivity contribution in [2.45, 2.75) is 12.8 Å². The SMILES string of the molecule is Bc1ccc2c(c1)c1c(c3nccn32)CCC=C1. The minimum absolute atomic E-state index is 1.09. The van der Waals surface area contributed by atoms with E-state index in [1.54, 1.807) is 0 Å². The predicted octanol–water partition coefficient (Wildman–Crippen LogP) is 1.71. The molecule has 0 fully saturated rings. The third-order valence-electron chi connectivity index (χ3n) is 3.78. The number of aryl methyl sites for hydroxylation is 1. The van der Waals surface area contributed by atoms with Gasteiger partial charge in [0, 0.05) is 23.3 Å². The molecule has 3 heteroatoms. The van der Waals surface area contributed by atoms with Crippen molar-refractivity contribution in [3.8, 4) is 0 Å². The number of nitrogens with zero attached hydrogens (tertiary/aromatic N) is 2. The molecule has 2 aromatic heterocycles. The lowest BCUT2D eigenvalue weighted by Crippen LogP contribution is -2.06. The van der Waals surface area contributed by atoms with Crippen LogP contribution in [0.15, 0.2) is 36.7 Å². The van der Waals surface area contributed by atoms with E-state index in [1.165, 1.54) is 27.5 Å². The zero-order chi connectivity index (χ0) is 12.1. The average Bonchev–Trinajstić information content (AvgIpc) is 2.88. The molecule has 0 unspecified atom stereocenters. The molecule has 0 spiro atoms. The molecule has 2 heterocycles. The fourth-order valence-corrected chi connectivity index (χ4v) is 2.95. The van der Waals surface area contributed by atoms with E-state index in [9.17, 15) is 0 Å². The summed E-state index contributed by atoms with van der Waals surface area (Å²) in [4.78, 5) is 4.53. The van der Waals surface area contributed by atoms with Gasteiger partial charge in [-0.15, -0.1) is 0 Å². The first-order chi connectivity index (χ1) is 8.84. The molecule has 0 saturated carbocycles. The van der Waals surface area contributed by atoms with Crippen molar-refractivity contribution < 1.29 is 0 Å². The second-order valence-corrected chi connectivity index (χ2v) is 4.97. The molecule has 1 aliphatic rings. The number of aromatic nitrogens is 2. The van der Waals surface area contributed by atoms with Gasteiger partial charge in [-0.3, -0.25) is 4.40 Å². The highest BCUT2D eigenvalue weighted by Crippen LogP contribution is 2.30. The van der Waals surface area contributed by atoms with Crippen LogP contribution in [0, 0.1) is 0 Å². The number of rotatable bonds is 0. The van der Waals surface area contributed by atoms with Gasteiger partial charge in [0.15, 0.2) is 0 Å². The molecule has 0 radical (unpaired) electrons. The zero-order valence-corrected chi connectivity index (χ0v) is 10.4. The molecule has 0 saturated heterocycles. The summed E-state index contributed by atoms with van der Waals surface area (Å²) in [6.07, 6.45) is 10.7. The molecule has 0 atom stereocenters. The van der Waals surface area contributed by atoms with Crippen LogP contribution in [-0.4, -0.2) is 17.2 Å². The maximum atomic E-state index is 4.53. The Balaban J connectivity index is 2.31. The first-order valence-corrected chi connectivity index (χ1v) is 6.39. The summed E-state index contributed by atoms with van der Waals surface area (Å²) in [6.45, 7) is 0. The Labute approximate surface area is 106 Å². The van der Waals surface area contributed by atoms with Gasteiger partial charge in [-0.25, -0.2) is 4.98 Å². The Morgan fingerprint density at radius 2 is 2.22 bits per heavy atom. The van der Waals surface area contributed by atoms with Crippen molar-refractivity contribution in [2.24, 2.45) is 0 Å². The Bertz CT molecular complexity index is 799. The number of hydrogen-bond acceptors (Lipinski definition) is 1. The lowest BCUT2D eigenvalue weighted by Gasteiger charge is -2.16. The summed E-state index contributed by atoms with van der Waals surface area (Å²) in [5.74, 6) is 0. The molecule has 1 aromatic carbocycles. The molecule has 1 aliphatic carbocycles. The van der Waals surface area contributed by atoms with Gasteiger partial charge in [0.1, 0.15) is 13.5 Å². The lowest BCUT2D eigenvalue weighted by atomic mass is 9.90. The highest BCUT2D eigenvalue weighted by atomic mass is 15.0. The predicted molar refractivity (Wildman–Crippen MR) is 78.2 cm³/mol. The van der Waals surface area contributed by atoms with Crippen molar-refractivity contribution in [2.75, 3.05) is 0 Å². The number of allylic oxidation sites excluding steroid dienone is 1. The van der Waals surface area contributed by atoms with Crippen LogP contribution in [0.1, 0.15) is 17.5 Å². The molecule has 3 aromatic rings. The van der Waals surface area contributed by atoms with E-state index in [1.807, 2.05) is 6.20 Å². The minimum atomic E-state index is 1.09. The third-order valence-corrected chi connectivity index (χ3v) is 3.78. The van der Waals surface area contributed by atoms with Gasteiger partial charge in [0.05, 0.1) is 5.52 Å². The Morgan fingerprint density at radius 1 is 1.28 bits per heavy atom. The Morgan fingerprint density at radius 3 is 3.17 bits per heavy atom. The van der Waals surface area contributed by atoms with Gasteiger partial charge >= 0.3 is 0 Å². The van der Waals surface area contributed by atoms with Crippen LogP contribution >= 0.6 is 0 Å². The van der Waals surface area contributed by atoms with Gasteiger partial charge in [0.25, 0.3) is 0 Å². The number of fused-ring (bicyclic) bond motifs is 6. The first-order valence-electron chi connectivity index (χ1n) is 6.39. The van der Waals surface area contributed by atoms with Crippen molar-refractivity contribution >= 4 is 35.9 Å². The van der Waals surface area contributed by atoms with Crippen LogP contribution in [0.25, 0.3) is 22.6 Å². The van der Waals surface area contributed by atoms with E-state index in [4.69, 9.17) is 0 Å².